The molecule has 1 heterocycles. The van der Waals surface area contributed by atoms with Crippen LogP contribution >= 0.6 is 11.6 Å². The summed E-state index contributed by atoms with van der Waals surface area (Å²) in [4.78, 5) is 0. The maximum atomic E-state index is 13.4. The number of piperidine rings is 1. The van der Waals surface area contributed by atoms with Crippen LogP contribution < -0.4 is 5.32 Å². The van der Waals surface area contributed by atoms with E-state index in [4.69, 9.17) is 11.6 Å². The second kappa shape index (κ2) is 4.60. The van der Waals surface area contributed by atoms with Gasteiger partial charge in [0.15, 0.2) is 11.6 Å². The molecule has 2 nitrogen and oxygen atoms in total. The van der Waals surface area contributed by atoms with Gasteiger partial charge in [0, 0.05) is 16.6 Å². The SMILES string of the molecule is Cc1c(Cl)cc(F)c(O)c1C1CCCCN1. The number of hydrogen-bond donors (Lipinski definition) is 2. The maximum Gasteiger partial charge on any atom is 0.166 e. The Bertz CT molecular complexity index is 376. The van der Waals surface area contributed by atoms with Crippen LogP contribution in [0.4, 0.5) is 4.39 Å². The highest BCUT2D eigenvalue weighted by atomic mass is 35.5. The van der Waals surface area contributed by atoms with E-state index in [9.17, 15) is 9.50 Å². The molecule has 4 heteroatoms. The number of benzene rings is 1. The zero-order valence-electron chi connectivity index (χ0n) is 9.19. The predicted molar refractivity (Wildman–Crippen MR) is 62.4 cm³/mol. The van der Waals surface area contributed by atoms with Crippen LogP contribution in [-0.4, -0.2) is 11.7 Å². The summed E-state index contributed by atoms with van der Waals surface area (Å²) in [7, 11) is 0. The van der Waals surface area contributed by atoms with Gasteiger partial charge in [0.1, 0.15) is 0 Å². The minimum atomic E-state index is -0.641. The Kier molecular flexibility index (Phi) is 3.36. The molecule has 1 saturated heterocycles. The minimum Gasteiger partial charge on any atom is -0.505 e. The lowest BCUT2D eigenvalue weighted by atomic mass is 9.93. The summed E-state index contributed by atoms with van der Waals surface area (Å²) >= 11 is 5.93. The third-order valence-electron chi connectivity index (χ3n) is 3.16. The highest BCUT2D eigenvalue weighted by Gasteiger charge is 2.23. The monoisotopic (exact) mass is 243 g/mol. The van der Waals surface area contributed by atoms with Crippen LogP contribution in [0, 0.1) is 12.7 Å². The molecule has 0 aromatic heterocycles. The van der Waals surface area contributed by atoms with Gasteiger partial charge in [-0.25, -0.2) is 4.39 Å². The molecule has 88 valence electrons. The number of nitrogens with one attached hydrogen (secondary N) is 1. The highest BCUT2D eigenvalue weighted by Crippen LogP contribution is 2.37. The molecule has 1 aliphatic rings. The van der Waals surface area contributed by atoms with Gasteiger partial charge in [-0.1, -0.05) is 18.0 Å². The normalized spacial score (nSPS) is 21.1. The van der Waals surface area contributed by atoms with Crippen molar-refractivity contribution in [1.29, 1.82) is 0 Å². The molecular formula is C12H15ClFNO. The van der Waals surface area contributed by atoms with E-state index in [-0.39, 0.29) is 11.8 Å². The fourth-order valence-corrected chi connectivity index (χ4v) is 2.44. The van der Waals surface area contributed by atoms with E-state index in [1.54, 1.807) is 0 Å². The van der Waals surface area contributed by atoms with Crippen molar-refractivity contribution in [2.75, 3.05) is 6.54 Å². The second-order valence-electron chi connectivity index (χ2n) is 4.23. The number of aromatic hydroxyl groups is 1. The number of phenols is 1. The van der Waals surface area contributed by atoms with Crippen LogP contribution in [0.15, 0.2) is 6.07 Å². The van der Waals surface area contributed by atoms with E-state index in [0.29, 0.717) is 10.6 Å². The van der Waals surface area contributed by atoms with Crippen LogP contribution in [0.25, 0.3) is 0 Å². The largest absolute Gasteiger partial charge is 0.505 e. The summed E-state index contributed by atoms with van der Waals surface area (Å²) in [6.45, 7) is 2.71. The third-order valence-corrected chi connectivity index (χ3v) is 3.55. The Hall–Kier alpha value is -0.800. The molecule has 1 atom stereocenters. The van der Waals surface area contributed by atoms with E-state index in [2.05, 4.69) is 5.32 Å². The van der Waals surface area contributed by atoms with Crippen molar-refractivity contribution in [3.63, 3.8) is 0 Å². The molecule has 1 aromatic rings. The van der Waals surface area contributed by atoms with Crippen LogP contribution in [0.1, 0.15) is 36.4 Å². The lowest BCUT2D eigenvalue weighted by Gasteiger charge is -2.26. The molecule has 1 aromatic carbocycles. The highest BCUT2D eigenvalue weighted by molar-refractivity contribution is 6.31. The minimum absolute atomic E-state index is 0.0157. The van der Waals surface area contributed by atoms with Gasteiger partial charge in [0.2, 0.25) is 0 Å². The Morgan fingerprint density at radius 3 is 2.88 bits per heavy atom. The zero-order valence-corrected chi connectivity index (χ0v) is 9.94. The molecule has 0 radical (unpaired) electrons. The quantitative estimate of drug-likeness (QED) is 0.793. The van der Waals surface area contributed by atoms with Gasteiger partial charge < -0.3 is 10.4 Å². The van der Waals surface area contributed by atoms with Crippen molar-refractivity contribution >= 4 is 11.6 Å². The summed E-state index contributed by atoms with van der Waals surface area (Å²) in [5, 5.41) is 13.4. The Morgan fingerprint density at radius 1 is 1.50 bits per heavy atom. The molecule has 2 rings (SSSR count). The van der Waals surface area contributed by atoms with E-state index in [0.717, 1.165) is 31.4 Å². The van der Waals surface area contributed by atoms with Gasteiger partial charge in [0.05, 0.1) is 0 Å². The zero-order chi connectivity index (χ0) is 11.7. The van der Waals surface area contributed by atoms with Gasteiger partial charge >= 0.3 is 0 Å². The number of halogens is 2. The van der Waals surface area contributed by atoms with Gasteiger partial charge in [0.25, 0.3) is 0 Å². The summed E-state index contributed by atoms with van der Waals surface area (Å²) in [6.07, 6.45) is 3.12. The van der Waals surface area contributed by atoms with Crippen molar-refractivity contribution in [2.45, 2.75) is 32.2 Å². The van der Waals surface area contributed by atoms with Gasteiger partial charge in [-0.2, -0.15) is 0 Å². The molecule has 0 saturated carbocycles. The van der Waals surface area contributed by atoms with Crippen LogP contribution in [-0.2, 0) is 0 Å². The van der Waals surface area contributed by atoms with E-state index >= 15 is 0 Å². The van der Waals surface area contributed by atoms with Crippen molar-refractivity contribution in [2.24, 2.45) is 0 Å². The number of hydrogen-bond acceptors (Lipinski definition) is 2. The smallest absolute Gasteiger partial charge is 0.166 e. The van der Waals surface area contributed by atoms with Crippen molar-refractivity contribution in [3.05, 3.63) is 28.0 Å². The molecule has 1 fully saturated rings. The molecule has 16 heavy (non-hydrogen) atoms. The Balaban J connectivity index is 2.45. The standard InChI is InChI=1S/C12H15ClFNO/c1-7-8(13)6-9(14)12(16)11(7)10-4-2-3-5-15-10/h6,10,15-16H,2-5H2,1H3. The topological polar surface area (TPSA) is 32.3 Å². The molecule has 0 bridgehead atoms. The molecular weight excluding hydrogens is 229 g/mol. The van der Waals surface area contributed by atoms with Crippen LogP contribution in [0.5, 0.6) is 5.75 Å². The molecule has 2 N–H and O–H groups in total. The summed E-state index contributed by atoms with van der Waals surface area (Å²) in [5.41, 5.74) is 1.38. The average molecular weight is 244 g/mol. The molecule has 0 spiro atoms. The lowest BCUT2D eigenvalue weighted by molar-refractivity contribution is 0.376. The fraction of sp³-hybridized carbons (Fsp3) is 0.500. The first-order valence-corrected chi connectivity index (χ1v) is 5.90. The van der Waals surface area contributed by atoms with Gasteiger partial charge in [-0.15, -0.1) is 0 Å². The number of phenolic OH excluding ortho intramolecular Hbond substituents is 1. The molecule has 0 amide bonds. The predicted octanol–water partition coefficient (Wildman–Crippen LogP) is 3.31. The first-order chi connectivity index (χ1) is 7.61. The summed E-state index contributed by atoms with van der Waals surface area (Å²) in [6, 6.07) is 1.18. The molecule has 0 aliphatic carbocycles. The van der Waals surface area contributed by atoms with Gasteiger partial charge in [-0.05, 0) is 37.9 Å². The summed E-state index contributed by atoms with van der Waals surface area (Å²) < 4.78 is 13.4. The van der Waals surface area contributed by atoms with Gasteiger partial charge in [-0.3, -0.25) is 0 Å². The van der Waals surface area contributed by atoms with Crippen LogP contribution in [0.2, 0.25) is 5.02 Å². The first-order valence-electron chi connectivity index (χ1n) is 5.52. The fourth-order valence-electron chi connectivity index (χ4n) is 2.25. The molecule has 1 unspecified atom stereocenters. The third kappa shape index (κ3) is 2.02. The Morgan fingerprint density at radius 2 is 2.25 bits per heavy atom. The molecule has 1 aliphatic heterocycles. The Labute approximate surface area is 99.4 Å². The average Bonchev–Trinajstić information content (AvgIpc) is 2.28. The van der Waals surface area contributed by atoms with Crippen molar-refractivity contribution in [1.82, 2.24) is 5.32 Å². The maximum absolute atomic E-state index is 13.4. The second-order valence-corrected chi connectivity index (χ2v) is 4.64. The van der Waals surface area contributed by atoms with E-state index in [1.165, 1.54) is 6.07 Å². The first kappa shape index (κ1) is 11.7. The number of rotatable bonds is 1. The summed E-state index contributed by atoms with van der Waals surface area (Å²) in [5.74, 6) is -0.903. The van der Waals surface area contributed by atoms with Crippen molar-refractivity contribution in [3.8, 4) is 5.75 Å². The van der Waals surface area contributed by atoms with Crippen molar-refractivity contribution < 1.29 is 9.50 Å². The van der Waals surface area contributed by atoms with Crippen LogP contribution in [0.3, 0.4) is 0 Å². The van der Waals surface area contributed by atoms with E-state index < -0.39 is 5.82 Å². The van der Waals surface area contributed by atoms with E-state index in [1.807, 2.05) is 6.92 Å². The lowest BCUT2D eigenvalue weighted by Crippen LogP contribution is -2.27.